The van der Waals surface area contributed by atoms with E-state index in [9.17, 15) is 14.4 Å². The van der Waals surface area contributed by atoms with Crippen LogP contribution in [-0.2, 0) is 14.3 Å². The van der Waals surface area contributed by atoms with Crippen LogP contribution in [0.3, 0.4) is 0 Å². The fourth-order valence-corrected chi connectivity index (χ4v) is 4.52. The van der Waals surface area contributed by atoms with Gasteiger partial charge in [-0.25, -0.2) is 4.79 Å². The van der Waals surface area contributed by atoms with Crippen molar-refractivity contribution >= 4 is 18.0 Å². The van der Waals surface area contributed by atoms with Crippen molar-refractivity contribution in [2.24, 2.45) is 5.92 Å². The van der Waals surface area contributed by atoms with Gasteiger partial charge < -0.3 is 20.5 Å². The first-order chi connectivity index (χ1) is 15.4. The molecule has 2 aromatic carbocycles. The van der Waals surface area contributed by atoms with E-state index in [0.29, 0.717) is 12.8 Å². The maximum atomic E-state index is 12.6. The smallest absolute Gasteiger partial charge is 0.407 e. The summed E-state index contributed by atoms with van der Waals surface area (Å²) in [4.78, 5) is 35.9. The molecule has 32 heavy (non-hydrogen) atoms. The standard InChI is InChI=1S/C25H28N2O5/c1-16(23(29)30)14-26-22(28)13-25(11-6-12-25)27-24(31)32-15-21-19-9-4-2-7-17(19)18-8-3-5-10-20(18)21/h2-5,7-10,16,21H,6,11-15H2,1H3,(H,26,28)(H,27,31)(H,29,30). The van der Waals surface area contributed by atoms with Crippen molar-refractivity contribution < 1.29 is 24.2 Å². The number of rotatable bonds is 8. The molecule has 2 amide bonds. The molecule has 168 valence electrons. The Morgan fingerprint density at radius 3 is 2.19 bits per heavy atom. The number of aliphatic carboxylic acids is 1. The van der Waals surface area contributed by atoms with Crippen LogP contribution in [0.15, 0.2) is 48.5 Å². The molecule has 0 radical (unpaired) electrons. The Balaban J connectivity index is 1.34. The fraction of sp³-hybridized carbons (Fsp3) is 0.400. The number of carboxylic acids is 1. The van der Waals surface area contributed by atoms with E-state index in [0.717, 1.165) is 17.5 Å². The number of benzene rings is 2. The first-order valence-electron chi connectivity index (χ1n) is 11.0. The van der Waals surface area contributed by atoms with E-state index in [4.69, 9.17) is 9.84 Å². The van der Waals surface area contributed by atoms with E-state index in [-0.39, 0.29) is 31.4 Å². The highest BCUT2D eigenvalue weighted by molar-refractivity contribution is 5.80. The van der Waals surface area contributed by atoms with Crippen molar-refractivity contribution in [1.29, 1.82) is 0 Å². The zero-order valence-electron chi connectivity index (χ0n) is 18.1. The van der Waals surface area contributed by atoms with Gasteiger partial charge in [-0.05, 0) is 41.5 Å². The molecule has 2 aliphatic carbocycles. The summed E-state index contributed by atoms with van der Waals surface area (Å²) in [7, 11) is 0. The maximum absolute atomic E-state index is 12.6. The third-order valence-corrected chi connectivity index (χ3v) is 6.55. The molecule has 0 saturated heterocycles. The Kier molecular flexibility index (Phi) is 6.17. The van der Waals surface area contributed by atoms with E-state index in [1.165, 1.54) is 18.1 Å². The Hall–Kier alpha value is -3.35. The Morgan fingerprint density at radius 1 is 1.06 bits per heavy atom. The fourth-order valence-electron chi connectivity index (χ4n) is 4.52. The number of alkyl carbamates (subject to hydrolysis) is 1. The van der Waals surface area contributed by atoms with Crippen LogP contribution in [0.2, 0.25) is 0 Å². The van der Waals surface area contributed by atoms with E-state index in [2.05, 4.69) is 34.9 Å². The van der Waals surface area contributed by atoms with E-state index >= 15 is 0 Å². The molecule has 1 saturated carbocycles. The second-order valence-corrected chi connectivity index (χ2v) is 8.80. The van der Waals surface area contributed by atoms with Gasteiger partial charge in [0.25, 0.3) is 0 Å². The van der Waals surface area contributed by atoms with Gasteiger partial charge in [0.1, 0.15) is 6.61 Å². The summed E-state index contributed by atoms with van der Waals surface area (Å²) in [5.41, 5.74) is 4.00. The average molecular weight is 437 g/mol. The summed E-state index contributed by atoms with van der Waals surface area (Å²) < 4.78 is 5.62. The van der Waals surface area contributed by atoms with Crippen molar-refractivity contribution in [3.05, 3.63) is 59.7 Å². The summed E-state index contributed by atoms with van der Waals surface area (Å²) >= 11 is 0. The lowest BCUT2D eigenvalue weighted by atomic mass is 9.74. The lowest BCUT2D eigenvalue weighted by molar-refractivity contribution is -0.141. The second-order valence-electron chi connectivity index (χ2n) is 8.80. The zero-order valence-corrected chi connectivity index (χ0v) is 18.1. The monoisotopic (exact) mass is 436 g/mol. The largest absolute Gasteiger partial charge is 0.481 e. The Morgan fingerprint density at radius 2 is 1.66 bits per heavy atom. The van der Waals surface area contributed by atoms with Crippen molar-refractivity contribution in [2.75, 3.05) is 13.2 Å². The third-order valence-electron chi connectivity index (χ3n) is 6.55. The van der Waals surface area contributed by atoms with Crippen LogP contribution >= 0.6 is 0 Å². The molecule has 2 aromatic rings. The number of amides is 2. The molecule has 0 spiro atoms. The van der Waals surface area contributed by atoms with Crippen molar-refractivity contribution in [2.45, 2.75) is 44.1 Å². The number of nitrogens with one attached hydrogen (secondary N) is 2. The predicted octanol–water partition coefficient (Wildman–Crippen LogP) is 3.67. The number of carbonyl (C=O) groups excluding carboxylic acids is 2. The topological polar surface area (TPSA) is 105 Å². The molecule has 0 bridgehead atoms. The molecule has 2 aliphatic rings. The van der Waals surface area contributed by atoms with E-state index in [1.807, 2.05) is 24.3 Å². The second kappa shape index (κ2) is 9.02. The molecule has 1 fully saturated rings. The summed E-state index contributed by atoms with van der Waals surface area (Å²) in [6.45, 7) is 1.82. The van der Waals surface area contributed by atoms with Gasteiger partial charge in [0.15, 0.2) is 0 Å². The molecule has 0 heterocycles. The molecule has 3 N–H and O–H groups in total. The van der Waals surface area contributed by atoms with Gasteiger partial charge in [0.05, 0.1) is 11.5 Å². The number of hydrogen-bond acceptors (Lipinski definition) is 4. The molecule has 0 aromatic heterocycles. The number of carbonyl (C=O) groups is 3. The van der Waals surface area contributed by atoms with Crippen molar-refractivity contribution in [3.8, 4) is 11.1 Å². The molecule has 4 rings (SSSR count). The number of hydrogen-bond donors (Lipinski definition) is 3. The van der Waals surface area contributed by atoms with Crippen LogP contribution < -0.4 is 10.6 Å². The summed E-state index contributed by atoms with van der Waals surface area (Å²) in [6.07, 6.45) is 1.89. The minimum atomic E-state index is -0.958. The molecule has 1 unspecified atom stereocenters. The van der Waals surface area contributed by atoms with Gasteiger partial charge in [-0.1, -0.05) is 55.5 Å². The molecular formula is C25H28N2O5. The van der Waals surface area contributed by atoms with E-state index < -0.39 is 23.5 Å². The summed E-state index contributed by atoms with van der Waals surface area (Å²) in [5.74, 6) is -1.91. The van der Waals surface area contributed by atoms with E-state index in [1.54, 1.807) is 0 Å². The quantitative estimate of drug-likeness (QED) is 0.586. The minimum Gasteiger partial charge on any atom is -0.481 e. The van der Waals surface area contributed by atoms with Gasteiger partial charge in [-0.3, -0.25) is 9.59 Å². The van der Waals surface area contributed by atoms with Crippen LogP contribution in [0.5, 0.6) is 0 Å². The SMILES string of the molecule is CC(CNC(=O)CC1(NC(=O)OCC2c3ccccc3-c3ccccc32)CCC1)C(=O)O. The number of fused-ring (bicyclic) bond motifs is 3. The molecule has 7 heteroatoms. The molecule has 7 nitrogen and oxygen atoms in total. The van der Waals surface area contributed by atoms with Gasteiger partial charge in [0, 0.05) is 18.9 Å². The van der Waals surface area contributed by atoms with Gasteiger partial charge >= 0.3 is 12.1 Å². The van der Waals surface area contributed by atoms with Crippen molar-refractivity contribution in [3.63, 3.8) is 0 Å². The predicted molar refractivity (Wildman–Crippen MR) is 119 cm³/mol. The van der Waals surface area contributed by atoms with Crippen LogP contribution in [0.1, 0.15) is 49.7 Å². The van der Waals surface area contributed by atoms with Gasteiger partial charge in [-0.2, -0.15) is 0 Å². The normalized spacial score (nSPS) is 16.8. The highest BCUT2D eigenvalue weighted by atomic mass is 16.5. The maximum Gasteiger partial charge on any atom is 0.407 e. The first-order valence-corrected chi connectivity index (χ1v) is 11.0. The van der Waals surface area contributed by atoms with Crippen LogP contribution in [0.25, 0.3) is 11.1 Å². The molecule has 1 atom stereocenters. The summed E-state index contributed by atoms with van der Waals surface area (Å²) in [5, 5.41) is 14.5. The Bertz CT molecular complexity index is 985. The highest BCUT2D eigenvalue weighted by Gasteiger charge is 2.41. The lowest BCUT2D eigenvalue weighted by Gasteiger charge is -2.41. The minimum absolute atomic E-state index is 0.0219. The number of ether oxygens (including phenoxy) is 1. The van der Waals surface area contributed by atoms with Crippen LogP contribution in [0.4, 0.5) is 4.79 Å². The Labute approximate surface area is 187 Å². The van der Waals surface area contributed by atoms with Crippen LogP contribution in [-0.4, -0.2) is 41.8 Å². The van der Waals surface area contributed by atoms with Crippen molar-refractivity contribution in [1.82, 2.24) is 10.6 Å². The zero-order chi connectivity index (χ0) is 22.7. The first kappa shape index (κ1) is 21.9. The number of carboxylic acid groups (broad SMARTS) is 1. The average Bonchev–Trinajstić information content (AvgIpc) is 3.08. The molecular weight excluding hydrogens is 408 g/mol. The molecule has 0 aliphatic heterocycles. The highest BCUT2D eigenvalue weighted by Crippen LogP contribution is 2.44. The lowest BCUT2D eigenvalue weighted by Crippen LogP contribution is -2.56. The van der Waals surface area contributed by atoms with Gasteiger partial charge in [-0.15, -0.1) is 0 Å². The third kappa shape index (κ3) is 4.47. The summed E-state index contributed by atoms with van der Waals surface area (Å²) in [6, 6.07) is 16.3. The van der Waals surface area contributed by atoms with Gasteiger partial charge in [0.2, 0.25) is 5.91 Å². The van der Waals surface area contributed by atoms with Crippen LogP contribution in [0, 0.1) is 5.92 Å².